The van der Waals surface area contributed by atoms with Gasteiger partial charge in [-0.3, -0.25) is 0 Å². The maximum atomic E-state index is 14.4. The maximum absolute atomic E-state index is 14.4. The molecular weight excluding hydrogens is 438 g/mol. The molecule has 7 nitrogen and oxygen atoms in total. The second-order valence-electron chi connectivity index (χ2n) is 7.43. The Hall–Kier alpha value is -1.85. The fourth-order valence-electron chi connectivity index (χ4n) is 3.62. The Balaban J connectivity index is 1.96. The van der Waals surface area contributed by atoms with E-state index in [-0.39, 0.29) is 22.8 Å². The first-order valence-corrected chi connectivity index (χ1v) is 9.79. The van der Waals surface area contributed by atoms with Crippen LogP contribution in [0, 0.1) is 11.6 Å². The third-order valence-corrected chi connectivity index (χ3v) is 5.91. The maximum Gasteiger partial charge on any atom is 0.200 e. The first kappa shape index (κ1) is 23.8. The molecule has 1 aliphatic rings. The van der Waals surface area contributed by atoms with Crippen LogP contribution in [0.4, 0.5) is 8.78 Å². The normalized spacial score (nSPS) is 25.5. The number of methoxy groups -OCH3 is 1. The Morgan fingerprint density at radius 3 is 2.29 bits per heavy atom. The van der Waals surface area contributed by atoms with Crippen LogP contribution >= 0.6 is 11.6 Å². The van der Waals surface area contributed by atoms with Crippen molar-refractivity contribution in [1.82, 2.24) is 0 Å². The molecule has 0 saturated carbocycles. The number of hydrogen-bond acceptors (Lipinski definition) is 7. The molecule has 3 rings (SSSR count). The Morgan fingerprint density at radius 2 is 1.68 bits per heavy atom. The highest BCUT2D eigenvalue weighted by atomic mass is 35.5. The van der Waals surface area contributed by atoms with Gasteiger partial charge in [-0.1, -0.05) is 29.8 Å². The lowest BCUT2D eigenvalue weighted by Crippen LogP contribution is -2.65. The molecule has 170 valence electrons. The zero-order valence-corrected chi connectivity index (χ0v) is 17.3. The zero-order chi connectivity index (χ0) is 22.9. The third kappa shape index (κ3) is 4.27. The van der Waals surface area contributed by atoms with Gasteiger partial charge in [0.05, 0.1) is 20.3 Å². The summed E-state index contributed by atoms with van der Waals surface area (Å²) in [6.07, 6.45) is -6.39. The van der Waals surface area contributed by atoms with Crippen molar-refractivity contribution < 1.29 is 43.8 Å². The van der Waals surface area contributed by atoms with Crippen molar-refractivity contribution in [3.8, 4) is 5.75 Å². The number of ether oxygens (including phenoxy) is 2. The van der Waals surface area contributed by atoms with E-state index in [0.717, 1.165) is 0 Å². The molecule has 0 unspecified atom stereocenters. The molecule has 0 radical (unpaired) electrons. The molecule has 1 heterocycles. The topological polar surface area (TPSA) is 120 Å². The minimum Gasteiger partial charge on any atom is -0.494 e. The summed E-state index contributed by atoms with van der Waals surface area (Å²) >= 11 is 6.22. The van der Waals surface area contributed by atoms with Crippen molar-refractivity contribution in [2.24, 2.45) is 0 Å². The van der Waals surface area contributed by atoms with Gasteiger partial charge in [-0.05, 0) is 28.8 Å². The van der Waals surface area contributed by atoms with Gasteiger partial charge in [-0.2, -0.15) is 4.39 Å². The summed E-state index contributed by atoms with van der Waals surface area (Å²) in [6.45, 7) is -1.64. The van der Waals surface area contributed by atoms with Crippen LogP contribution in [-0.4, -0.2) is 69.8 Å². The average Bonchev–Trinajstić information content (AvgIpc) is 2.78. The Kier molecular flexibility index (Phi) is 7.17. The smallest absolute Gasteiger partial charge is 0.200 e. The number of halogens is 3. The van der Waals surface area contributed by atoms with Crippen molar-refractivity contribution in [2.45, 2.75) is 36.4 Å². The van der Waals surface area contributed by atoms with E-state index in [1.807, 2.05) is 0 Å². The molecule has 31 heavy (non-hydrogen) atoms. The van der Waals surface area contributed by atoms with Gasteiger partial charge in [0.1, 0.15) is 30.0 Å². The van der Waals surface area contributed by atoms with E-state index in [9.17, 15) is 34.3 Å². The predicted molar refractivity (Wildman–Crippen MR) is 106 cm³/mol. The van der Waals surface area contributed by atoms with E-state index in [0.29, 0.717) is 11.1 Å². The van der Waals surface area contributed by atoms with Crippen LogP contribution in [0.25, 0.3) is 0 Å². The van der Waals surface area contributed by atoms with Crippen molar-refractivity contribution in [3.63, 3.8) is 0 Å². The first-order valence-electron chi connectivity index (χ1n) is 9.42. The van der Waals surface area contributed by atoms with Crippen LogP contribution in [0.1, 0.15) is 22.8 Å². The molecule has 4 atom stereocenters. The SMILES string of the molecule is COc1ccc(Cc2cc([C@@H]3OC(CO)(CO)[C@@H](O)[C@H](O)[C@H]3O)ccc2Cl)c(F)c1F. The molecule has 0 amide bonds. The Morgan fingerprint density at radius 1 is 1.00 bits per heavy atom. The molecule has 5 N–H and O–H groups in total. The summed E-state index contributed by atoms with van der Waals surface area (Å²) in [6, 6.07) is 7.05. The van der Waals surface area contributed by atoms with E-state index >= 15 is 0 Å². The highest BCUT2D eigenvalue weighted by Crippen LogP contribution is 2.39. The summed E-state index contributed by atoms with van der Waals surface area (Å²) in [5, 5.41) is 50.3. The van der Waals surface area contributed by atoms with Crippen molar-refractivity contribution in [1.29, 1.82) is 0 Å². The molecule has 0 aromatic heterocycles. The van der Waals surface area contributed by atoms with Crippen LogP contribution in [0.2, 0.25) is 5.02 Å². The number of aliphatic hydroxyl groups is 5. The monoisotopic (exact) mass is 460 g/mol. The summed E-state index contributed by atoms with van der Waals surface area (Å²) in [7, 11) is 1.22. The first-order chi connectivity index (χ1) is 14.7. The van der Waals surface area contributed by atoms with Crippen LogP contribution in [0.5, 0.6) is 5.75 Å². The number of aliphatic hydroxyl groups excluding tert-OH is 5. The van der Waals surface area contributed by atoms with Gasteiger partial charge in [-0.25, -0.2) is 4.39 Å². The lowest BCUT2D eigenvalue weighted by atomic mass is 9.83. The highest BCUT2D eigenvalue weighted by molar-refractivity contribution is 6.31. The second-order valence-corrected chi connectivity index (χ2v) is 7.84. The largest absolute Gasteiger partial charge is 0.494 e. The molecule has 1 saturated heterocycles. The van der Waals surface area contributed by atoms with E-state index in [1.54, 1.807) is 0 Å². The average molecular weight is 461 g/mol. The van der Waals surface area contributed by atoms with Crippen molar-refractivity contribution >= 4 is 11.6 Å². The molecule has 0 aliphatic carbocycles. The fourth-order valence-corrected chi connectivity index (χ4v) is 3.81. The molecule has 1 aliphatic heterocycles. The van der Waals surface area contributed by atoms with Crippen LogP contribution in [0.15, 0.2) is 30.3 Å². The second kappa shape index (κ2) is 9.33. The van der Waals surface area contributed by atoms with Gasteiger partial charge in [0.2, 0.25) is 5.82 Å². The zero-order valence-electron chi connectivity index (χ0n) is 16.5. The van der Waals surface area contributed by atoms with Gasteiger partial charge in [0.15, 0.2) is 11.6 Å². The summed E-state index contributed by atoms with van der Waals surface area (Å²) in [5.41, 5.74) is -1.23. The molecular formula is C21H23ClF2O7. The molecule has 2 aromatic rings. The minimum absolute atomic E-state index is 0.0120. The lowest BCUT2D eigenvalue weighted by molar-refractivity contribution is -0.289. The summed E-state index contributed by atoms with van der Waals surface area (Å²) in [5.74, 6) is -2.46. The van der Waals surface area contributed by atoms with E-state index in [1.165, 1.54) is 37.4 Å². The summed E-state index contributed by atoms with van der Waals surface area (Å²) < 4.78 is 38.8. The van der Waals surface area contributed by atoms with Crippen molar-refractivity contribution in [3.05, 3.63) is 63.7 Å². The fraction of sp³-hybridized carbons (Fsp3) is 0.429. The predicted octanol–water partition coefficient (Wildman–Crippen LogP) is 1.09. The minimum atomic E-state index is -1.91. The van der Waals surface area contributed by atoms with Gasteiger partial charge in [-0.15, -0.1) is 0 Å². The van der Waals surface area contributed by atoms with Crippen LogP contribution in [0.3, 0.4) is 0 Å². The Bertz CT molecular complexity index is 938. The van der Waals surface area contributed by atoms with E-state index in [4.69, 9.17) is 21.1 Å². The van der Waals surface area contributed by atoms with Gasteiger partial charge < -0.3 is 35.0 Å². The standard InChI is InChI=1S/C21H23ClF2O7/c1-30-14-5-3-10(15(23)16(14)24)6-12-7-11(2-4-13(12)22)19-17(27)18(28)20(29)21(8-25,9-26)31-19/h2-5,7,17-20,25-29H,6,8-9H2,1H3/t17-,18-,19+,20+/m1/s1. The van der Waals surface area contributed by atoms with Crippen LogP contribution < -0.4 is 4.74 Å². The van der Waals surface area contributed by atoms with Gasteiger partial charge in [0, 0.05) is 11.4 Å². The molecule has 0 spiro atoms. The number of benzene rings is 2. The van der Waals surface area contributed by atoms with Crippen molar-refractivity contribution in [2.75, 3.05) is 20.3 Å². The third-order valence-electron chi connectivity index (χ3n) is 5.55. The Labute approximate surface area is 182 Å². The molecule has 0 bridgehead atoms. The molecule has 1 fully saturated rings. The van der Waals surface area contributed by atoms with Gasteiger partial charge in [0.25, 0.3) is 0 Å². The van der Waals surface area contributed by atoms with E-state index < -0.39 is 54.9 Å². The van der Waals surface area contributed by atoms with Gasteiger partial charge >= 0.3 is 0 Å². The molecule has 10 heteroatoms. The van der Waals surface area contributed by atoms with Crippen LogP contribution in [-0.2, 0) is 11.2 Å². The molecule has 2 aromatic carbocycles. The highest BCUT2D eigenvalue weighted by Gasteiger charge is 2.53. The quantitative estimate of drug-likeness (QED) is 0.438. The summed E-state index contributed by atoms with van der Waals surface area (Å²) in [4.78, 5) is 0. The van der Waals surface area contributed by atoms with E-state index in [2.05, 4.69) is 0 Å². The lowest BCUT2D eigenvalue weighted by Gasteiger charge is -2.47. The number of hydrogen-bond donors (Lipinski definition) is 5. The number of rotatable bonds is 6.